The van der Waals surface area contributed by atoms with Gasteiger partial charge in [-0.15, -0.1) is 0 Å². The topological polar surface area (TPSA) is 73.0 Å². The summed E-state index contributed by atoms with van der Waals surface area (Å²) in [5, 5.41) is 7.29. The normalized spacial score (nSPS) is 10.7. The van der Waals surface area contributed by atoms with Crippen molar-refractivity contribution in [2.24, 2.45) is 0 Å². The summed E-state index contributed by atoms with van der Waals surface area (Å²) < 4.78 is 7.13. The molecule has 1 N–H and O–H groups in total. The predicted octanol–water partition coefficient (Wildman–Crippen LogP) is 3.77. The second kappa shape index (κ2) is 7.29. The summed E-state index contributed by atoms with van der Waals surface area (Å²) in [6.45, 7) is 2.28. The van der Waals surface area contributed by atoms with E-state index in [-0.39, 0.29) is 5.91 Å². The number of aromatic nitrogens is 3. The van der Waals surface area contributed by atoms with E-state index in [0.717, 1.165) is 22.6 Å². The molecule has 0 aliphatic heterocycles. The Morgan fingerprint density at radius 2 is 2.00 bits per heavy atom. The SMILES string of the molecule is Cc1c(C(=O)NCc2ccnc(-c3ccco3)c2)cnn1-c1ccccc1. The van der Waals surface area contributed by atoms with Gasteiger partial charge < -0.3 is 9.73 Å². The van der Waals surface area contributed by atoms with Crippen molar-refractivity contribution in [3.8, 4) is 17.1 Å². The Morgan fingerprint density at radius 1 is 1.15 bits per heavy atom. The van der Waals surface area contributed by atoms with Crippen LogP contribution in [0.4, 0.5) is 0 Å². The second-order valence-electron chi connectivity index (χ2n) is 6.10. The number of hydrogen-bond acceptors (Lipinski definition) is 4. The van der Waals surface area contributed by atoms with Gasteiger partial charge >= 0.3 is 0 Å². The minimum Gasteiger partial charge on any atom is -0.463 e. The summed E-state index contributed by atoms with van der Waals surface area (Å²) in [5.41, 5.74) is 3.95. The Kier molecular flexibility index (Phi) is 4.53. The van der Waals surface area contributed by atoms with Gasteiger partial charge in [0.15, 0.2) is 5.76 Å². The third kappa shape index (κ3) is 3.50. The van der Waals surface area contributed by atoms with Crippen LogP contribution in [-0.4, -0.2) is 20.7 Å². The monoisotopic (exact) mass is 358 g/mol. The van der Waals surface area contributed by atoms with E-state index >= 15 is 0 Å². The van der Waals surface area contributed by atoms with Gasteiger partial charge in [0, 0.05) is 12.7 Å². The number of benzene rings is 1. The van der Waals surface area contributed by atoms with Crippen molar-refractivity contribution >= 4 is 5.91 Å². The quantitative estimate of drug-likeness (QED) is 0.589. The summed E-state index contributed by atoms with van der Waals surface area (Å²) in [6, 6.07) is 17.2. The molecule has 4 aromatic rings. The highest BCUT2D eigenvalue weighted by Gasteiger charge is 2.15. The summed E-state index contributed by atoms with van der Waals surface area (Å²) in [6.07, 6.45) is 4.91. The number of hydrogen-bond donors (Lipinski definition) is 1. The molecule has 0 saturated heterocycles. The number of furan rings is 1. The molecule has 0 unspecified atom stereocenters. The van der Waals surface area contributed by atoms with Gasteiger partial charge in [0.05, 0.1) is 29.4 Å². The lowest BCUT2D eigenvalue weighted by Crippen LogP contribution is -2.23. The summed E-state index contributed by atoms with van der Waals surface area (Å²) >= 11 is 0. The zero-order valence-corrected chi connectivity index (χ0v) is 14.8. The van der Waals surface area contributed by atoms with Crippen LogP contribution < -0.4 is 5.32 Å². The van der Waals surface area contributed by atoms with E-state index in [0.29, 0.717) is 17.9 Å². The number of rotatable bonds is 5. The van der Waals surface area contributed by atoms with Crippen LogP contribution in [0, 0.1) is 6.92 Å². The number of pyridine rings is 1. The van der Waals surface area contributed by atoms with Crippen molar-refractivity contribution in [3.05, 3.63) is 90.1 Å². The van der Waals surface area contributed by atoms with Crippen molar-refractivity contribution in [1.29, 1.82) is 0 Å². The standard InChI is InChI=1S/C21H18N4O2/c1-15-18(14-24-25(15)17-6-3-2-4-7-17)21(26)23-13-16-9-10-22-19(12-16)20-8-5-11-27-20/h2-12,14H,13H2,1H3,(H,23,26). The van der Waals surface area contributed by atoms with Crippen molar-refractivity contribution in [3.63, 3.8) is 0 Å². The molecule has 3 aromatic heterocycles. The summed E-state index contributed by atoms with van der Waals surface area (Å²) in [7, 11) is 0. The van der Waals surface area contributed by atoms with Gasteiger partial charge in [-0.3, -0.25) is 9.78 Å². The van der Waals surface area contributed by atoms with Gasteiger partial charge in [0.2, 0.25) is 0 Å². The highest BCUT2D eigenvalue weighted by Crippen LogP contribution is 2.18. The molecule has 27 heavy (non-hydrogen) atoms. The van der Waals surface area contributed by atoms with E-state index < -0.39 is 0 Å². The van der Waals surface area contributed by atoms with Crippen LogP contribution in [0.1, 0.15) is 21.6 Å². The van der Waals surface area contributed by atoms with Crippen LogP contribution in [0.5, 0.6) is 0 Å². The van der Waals surface area contributed by atoms with Crippen molar-refractivity contribution in [1.82, 2.24) is 20.1 Å². The lowest BCUT2D eigenvalue weighted by molar-refractivity contribution is 0.0950. The van der Waals surface area contributed by atoms with E-state index in [1.165, 1.54) is 0 Å². The Balaban J connectivity index is 1.48. The molecule has 3 heterocycles. The second-order valence-corrected chi connectivity index (χ2v) is 6.10. The first-order valence-corrected chi connectivity index (χ1v) is 8.59. The molecule has 0 spiro atoms. The van der Waals surface area contributed by atoms with Crippen LogP contribution in [0.2, 0.25) is 0 Å². The number of para-hydroxylation sites is 1. The molecule has 0 aliphatic carbocycles. The predicted molar refractivity (Wildman–Crippen MR) is 101 cm³/mol. The van der Waals surface area contributed by atoms with Crippen LogP contribution in [0.3, 0.4) is 0 Å². The van der Waals surface area contributed by atoms with E-state index in [1.54, 1.807) is 23.3 Å². The Bertz CT molecular complexity index is 1050. The molecule has 4 rings (SSSR count). The molecule has 0 radical (unpaired) electrons. The fourth-order valence-electron chi connectivity index (χ4n) is 2.88. The van der Waals surface area contributed by atoms with Gasteiger partial charge in [-0.25, -0.2) is 4.68 Å². The average Bonchev–Trinajstić information content (AvgIpc) is 3.37. The largest absolute Gasteiger partial charge is 0.463 e. The molecule has 0 atom stereocenters. The molecule has 134 valence electrons. The fraction of sp³-hybridized carbons (Fsp3) is 0.0952. The number of nitrogens with zero attached hydrogens (tertiary/aromatic N) is 3. The number of carbonyl (C=O) groups excluding carboxylic acids is 1. The molecule has 0 bridgehead atoms. The minimum absolute atomic E-state index is 0.161. The van der Waals surface area contributed by atoms with Gasteiger partial charge in [0.25, 0.3) is 5.91 Å². The zero-order chi connectivity index (χ0) is 18.6. The Labute approximate surface area is 156 Å². The van der Waals surface area contributed by atoms with Crippen molar-refractivity contribution in [2.75, 3.05) is 0 Å². The first-order chi connectivity index (χ1) is 13.2. The maximum absolute atomic E-state index is 12.6. The van der Waals surface area contributed by atoms with Gasteiger partial charge in [-0.2, -0.15) is 5.10 Å². The molecule has 0 aliphatic rings. The van der Waals surface area contributed by atoms with E-state index in [2.05, 4.69) is 15.4 Å². The number of carbonyl (C=O) groups is 1. The van der Waals surface area contributed by atoms with Crippen molar-refractivity contribution < 1.29 is 9.21 Å². The smallest absolute Gasteiger partial charge is 0.255 e. The first-order valence-electron chi connectivity index (χ1n) is 8.59. The van der Waals surface area contributed by atoms with Crippen molar-refractivity contribution in [2.45, 2.75) is 13.5 Å². The fourth-order valence-corrected chi connectivity index (χ4v) is 2.88. The maximum Gasteiger partial charge on any atom is 0.255 e. The molecule has 0 saturated carbocycles. The number of amides is 1. The Hall–Kier alpha value is -3.67. The average molecular weight is 358 g/mol. The lowest BCUT2D eigenvalue weighted by Gasteiger charge is -2.07. The zero-order valence-electron chi connectivity index (χ0n) is 14.8. The molecule has 1 aromatic carbocycles. The summed E-state index contributed by atoms with van der Waals surface area (Å²) in [5.74, 6) is 0.536. The highest BCUT2D eigenvalue weighted by molar-refractivity contribution is 5.95. The highest BCUT2D eigenvalue weighted by atomic mass is 16.3. The third-order valence-corrected chi connectivity index (χ3v) is 4.31. The molecular formula is C21H18N4O2. The molecule has 6 heteroatoms. The first kappa shape index (κ1) is 16.8. The van der Waals surface area contributed by atoms with Crippen LogP contribution in [0.15, 0.2) is 77.7 Å². The lowest BCUT2D eigenvalue weighted by atomic mass is 10.2. The Morgan fingerprint density at radius 3 is 2.78 bits per heavy atom. The van der Waals surface area contributed by atoms with Gasteiger partial charge in [0.1, 0.15) is 5.69 Å². The number of nitrogens with one attached hydrogen (secondary N) is 1. The minimum atomic E-state index is -0.161. The van der Waals surface area contributed by atoms with Gasteiger partial charge in [-0.05, 0) is 48.9 Å². The van der Waals surface area contributed by atoms with E-state index in [9.17, 15) is 4.79 Å². The molecule has 6 nitrogen and oxygen atoms in total. The maximum atomic E-state index is 12.6. The third-order valence-electron chi connectivity index (χ3n) is 4.31. The molecule has 0 fully saturated rings. The van der Waals surface area contributed by atoms with Gasteiger partial charge in [-0.1, -0.05) is 18.2 Å². The van der Waals surface area contributed by atoms with E-state index in [4.69, 9.17) is 4.42 Å². The molecule has 1 amide bonds. The van der Waals surface area contributed by atoms with E-state index in [1.807, 2.05) is 61.5 Å². The summed E-state index contributed by atoms with van der Waals surface area (Å²) in [4.78, 5) is 16.9. The van der Waals surface area contributed by atoms with Crippen LogP contribution >= 0.6 is 0 Å². The van der Waals surface area contributed by atoms with Crippen LogP contribution in [0.25, 0.3) is 17.1 Å². The van der Waals surface area contributed by atoms with Crippen LogP contribution in [-0.2, 0) is 6.54 Å². The molecular weight excluding hydrogens is 340 g/mol.